The zero-order chi connectivity index (χ0) is 26.0. The summed E-state index contributed by atoms with van der Waals surface area (Å²) in [5.74, 6) is 0.908. The number of allylic oxidation sites excluding steroid dienone is 1. The summed E-state index contributed by atoms with van der Waals surface area (Å²) >= 11 is 0. The van der Waals surface area contributed by atoms with Gasteiger partial charge in [0.25, 0.3) is 11.7 Å². The second-order valence-electron chi connectivity index (χ2n) is 11.0. The number of carbonyl (C=O) groups excluding carboxylic acids is 2. The number of hydrogen-bond acceptors (Lipinski definition) is 5. The first-order valence-electron chi connectivity index (χ1n) is 13.8. The Kier molecular flexibility index (Phi) is 7.34. The summed E-state index contributed by atoms with van der Waals surface area (Å²) in [6.45, 7) is 16.8. The maximum Gasteiger partial charge on any atom is 0.294 e. The lowest BCUT2D eigenvalue weighted by atomic mass is 9.79. The Bertz CT molecular complexity index is 1140. The summed E-state index contributed by atoms with van der Waals surface area (Å²) in [6, 6.07) is 6.56. The Labute approximate surface area is 220 Å². The quantitative estimate of drug-likeness (QED) is 0.606. The van der Waals surface area contributed by atoms with Crippen molar-refractivity contribution < 1.29 is 9.59 Å². The number of carbonyl (C=O) groups is 2. The van der Waals surface area contributed by atoms with Crippen LogP contribution in [0.5, 0.6) is 0 Å². The summed E-state index contributed by atoms with van der Waals surface area (Å²) in [6.07, 6.45) is 8.64. The van der Waals surface area contributed by atoms with Crippen LogP contribution >= 0.6 is 0 Å². The Morgan fingerprint density at radius 3 is 2.41 bits per heavy atom. The highest BCUT2D eigenvalue weighted by molar-refractivity contribution is 6.44. The van der Waals surface area contributed by atoms with E-state index in [0.29, 0.717) is 18.1 Å². The molecule has 5 rings (SSSR count). The van der Waals surface area contributed by atoms with Crippen molar-refractivity contribution in [2.24, 2.45) is 10.9 Å². The molecule has 1 aromatic rings. The number of amides is 2. The molecule has 196 valence electrons. The average Bonchev–Trinajstić information content (AvgIpc) is 3.62. The average molecular weight is 503 g/mol. The van der Waals surface area contributed by atoms with E-state index in [1.165, 1.54) is 18.4 Å². The van der Waals surface area contributed by atoms with E-state index >= 15 is 0 Å². The Morgan fingerprint density at radius 1 is 1.08 bits per heavy atom. The SMILES string of the molecule is [C-]#[N+]C1=CCC(C(=O)Nc2ccc(C3(N4CCCC4)CCN(C(C)=O)CC3)cc2N2CCC(C)CC2)=N1. The fourth-order valence-corrected chi connectivity index (χ4v) is 6.39. The highest BCUT2D eigenvalue weighted by atomic mass is 16.2. The third-order valence-corrected chi connectivity index (χ3v) is 8.76. The molecule has 0 radical (unpaired) electrons. The minimum atomic E-state index is -0.238. The van der Waals surface area contributed by atoms with Gasteiger partial charge in [-0.2, -0.15) is 0 Å². The van der Waals surface area contributed by atoms with Crippen molar-refractivity contribution in [2.75, 3.05) is 49.5 Å². The summed E-state index contributed by atoms with van der Waals surface area (Å²) in [5, 5.41) is 3.13. The van der Waals surface area contributed by atoms with Gasteiger partial charge in [0, 0.05) is 45.1 Å². The Balaban J connectivity index is 1.48. The van der Waals surface area contributed by atoms with Gasteiger partial charge in [-0.15, -0.1) is 4.99 Å². The van der Waals surface area contributed by atoms with E-state index in [1.807, 2.05) is 4.90 Å². The third-order valence-electron chi connectivity index (χ3n) is 8.76. The number of benzene rings is 1. The number of aliphatic imine (C=N–C) groups is 1. The maximum atomic E-state index is 13.1. The first-order chi connectivity index (χ1) is 17.9. The summed E-state index contributed by atoms with van der Waals surface area (Å²) in [4.78, 5) is 39.7. The van der Waals surface area contributed by atoms with Crippen LogP contribution < -0.4 is 10.2 Å². The highest BCUT2D eigenvalue weighted by Crippen LogP contribution is 2.44. The van der Waals surface area contributed by atoms with Gasteiger partial charge in [-0.25, -0.2) is 0 Å². The second-order valence-corrected chi connectivity index (χ2v) is 11.0. The predicted molar refractivity (Wildman–Crippen MR) is 146 cm³/mol. The Morgan fingerprint density at radius 2 is 1.78 bits per heavy atom. The molecule has 0 saturated carbocycles. The summed E-state index contributed by atoms with van der Waals surface area (Å²) in [7, 11) is 0. The number of nitrogens with zero attached hydrogens (tertiary/aromatic N) is 5. The largest absolute Gasteiger partial charge is 0.370 e. The molecule has 4 aliphatic rings. The standard InChI is InChI=1S/C29H38N6O2/c1-21-10-16-34(17-11-21)26-20-23(6-7-24(26)32-28(37)25-8-9-27(30-3)31-25)29(35-14-4-5-15-35)12-18-33(19-13-29)22(2)36/h6-7,9,20-21H,4-5,8,10-19H2,1-2H3,(H,32,37). The minimum Gasteiger partial charge on any atom is -0.370 e. The number of nitrogens with one attached hydrogen (secondary N) is 1. The van der Waals surface area contributed by atoms with Crippen molar-refractivity contribution in [3.05, 3.63) is 47.1 Å². The van der Waals surface area contributed by atoms with Crippen LogP contribution in [-0.2, 0) is 15.1 Å². The number of hydrogen-bond donors (Lipinski definition) is 1. The fraction of sp³-hybridized carbons (Fsp3) is 0.586. The predicted octanol–water partition coefficient (Wildman–Crippen LogP) is 4.40. The van der Waals surface area contributed by atoms with Crippen LogP contribution in [0.15, 0.2) is 35.1 Å². The first-order valence-corrected chi connectivity index (χ1v) is 13.8. The van der Waals surface area contributed by atoms with E-state index in [9.17, 15) is 9.59 Å². The number of anilines is 2. The maximum absolute atomic E-state index is 13.1. The molecule has 2 amide bonds. The number of rotatable bonds is 5. The molecule has 0 atom stereocenters. The molecule has 0 spiro atoms. The van der Waals surface area contributed by atoms with Crippen LogP contribution in [0.4, 0.5) is 11.4 Å². The zero-order valence-corrected chi connectivity index (χ0v) is 22.1. The van der Waals surface area contributed by atoms with Crippen molar-refractivity contribution >= 4 is 28.9 Å². The Hall–Kier alpha value is -3.18. The molecule has 0 unspecified atom stereocenters. The van der Waals surface area contributed by atoms with E-state index in [0.717, 1.165) is 76.3 Å². The van der Waals surface area contributed by atoms with Crippen molar-refractivity contribution in [2.45, 2.75) is 64.3 Å². The van der Waals surface area contributed by atoms with E-state index < -0.39 is 0 Å². The summed E-state index contributed by atoms with van der Waals surface area (Å²) < 4.78 is 0. The highest BCUT2D eigenvalue weighted by Gasteiger charge is 2.43. The van der Waals surface area contributed by atoms with Crippen LogP contribution in [-0.4, -0.2) is 66.6 Å². The number of likely N-dealkylation sites (tertiary alicyclic amines) is 2. The minimum absolute atomic E-state index is 0.0905. The molecule has 3 saturated heterocycles. The van der Waals surface area contributed by atoms with E-state index in [2.05, 4.69) is 50.1 Å². The van der Waals surface area contributed by atoms with Gasteiger partial charge in [-0.05, 0) is 75.2 Å². The molecule has 1 aromatic carbocycles. The van der Waals surface area contributed by atoms with Crippen molar-refractivity contribution in [1.82, 2.24) is 9.80 Å². The van der Waals surface area contributed by atoms with Gasteiger partial charge < -0.3 is 20.0 Å². The van der Waals surface area contributed by atoms with Crippen LogP contribution in [0.2, 0.25) is 0 Å². The second kappa shape index (κ2) is 10.7. The van der Waals surface area contributed by atoms with Gasteiger partial charge in [0.2, 0.25) is 5.91 Å². The molecule has 8 heteroatoms. The van der Waals surface area contributed by atoms with Crippen molar-refractivity contribution in [3.8, 4) is 0 Å². The van der Waals surface area contributed by atoms with Gasteiger partial charge in [-0.3, -0.25) is 14.5 Å². The monoisotopic (exact) mass is 502 g/mol. The third kappa shape index (κ3) is 5.15. The van der Waals surface area contributed by atoms with Crippen LogP contribution in [0.25, 0.3) is 4.85 Å². The topological polar surface area (TPSA) is 72.6 Å². The molecule has 37 heavy (non-hydrogen) atoms. The number of piperidine rings is 2. The van der Waals surface area contributed by atoms with Gasteiger partial charge in [0.15, 0.2) is 5.71 Å². The molecule has 4 aliphatic heterocycles. The first kappa shape index (κ1) is 25.5. The van der Waals surface area contributed by atoms with Crippen molar-refractivity contribution in [3.63, 3.8) is 0 Å². The molecule has 0 bridgehead atoms. The lowest BCUT2D eigenvalue weighted by Crippen LogP contribution is -2.53. The lowest BCUT2D eigenvalue weighted by molar-refractivity contribution is -0.131. The van der Waals surface area contributed by atoms with Crippen molar-refractivity contribution in [1.29, 1.82) is 0 Å². The molecule has 8 nitrogen and oxygen atoms in total. The van der Waals surface area contributed by atoms with Gasteiger partial charge in [0.05, 0.1) is 11.4 Å². The van der Waals surface area contributed by atoms with E-state index in [1.54, 1.807) is 13.0 Å². The van der Waals surface area contributed by atoms with Crippen LogP contribution in [0.1, 0.15) is 64.4 Å². The molecule has 0 aromatic heterocycles. The van der Waals surface area contributed by atoms with Gasteiger partial charge in [0.1, 0.15) is 0 Å². The van der Waals surface area contributed by atoms with Crippen LogP contribution in [0.3, 0.4) is 0 Å². The molecule has 4 heterocycles. The van der Waals surface area contributed by atoms with Crippen LogP contribution in [0, 0.1) is 12.5 Å². The molecule has 1 N–H and O–H groups in total. The fourth-order valence-electron chi connectivity index (χ4n) is 6.39. The van der Waals surface area contributed by atoms with Gasteiger partial charge in [-0.1, -0.05) is 25.6 Å². The molecular weight excluding hydrogens is 464 g/mol. The molecule has 3 fully saturated rings. The normalized spacial score (nSPS) is 22.4. The van der Waals surface area contributed by atoms with E-state index in [-0.39, 0.29) is 23.2 Å². The molecular formula is C29H38N6O2. The summed E-state index contributed by atoms with van der Waals surface area (Å²) in [5.41, 5.74) is 3.47. The van der Waals surface area contributed by atoms with Gasteiger partial charge >= 0.3 is 0 Å². The lowest BCUT2D eigenvalue weighted by Gasteiger charge is -2.48. The zero-order valence-electron chi connectivity index (χ0n) is 22.1. The van der Waals surface area contributed by atoms with E-state index in [4.69, 9.17) is 6.57 Å². The smallest absolute Gasteiger partial charge is 0.294 e. The molecule has 0 aliphatic carbocycles.